The Balaban J connectivity index is 2.37. The van der Waals surface area contributed by atoms with E-state index in [-0.39, 0.29) is 0 Å². The number of pyridine rings is 1. The monoisotopic (exact) mass is 258 g/mol. The molecule has 1 unspecified atom stereocenters. The number of ether oxygens (including phenoxy) is 1. The van der Waals surface area contributed by atoms with Crippen molar-refractivity contribution in [3.05, 3.63) is 22.9 Å². The molecule has 14 heavy (non-hydrogen) atoms. The van der Waals surface area contributed by atoms with Gasteiger partial charge < -0.3 is 10.1 Å². The molecule has 0 spiro atoms. The number of nitrogens with zero attached hydrogens (tertiary/aromatic N) is 1. The SMILES string of the molecule is COCC(C)CNc1cncc(Br)c1. The Morgan fingerprint density at radius 2 is 2.36 bits per heavy atom. The van der Waals surface area contributed by atoms with Crippen LogP contribution in [0, 0.1) is 5.92 Å². The lowest BCUT2D eigenvalue weighted by Gasteiger charge is -2.12. The Hall–Kier alpha value is -0.610. The van der Waals surface area contributed by atoms with Gasteiger partial charge in [-0.25, -0.2) is 0 Å². The fourth-order valence-electron chi connectivity index (χ4n) is 1.14. The molecule has 0 saturated heterocycles. The van der Waals surface area contributed by atoms with E-state index in [0.717, 1.165) is 23.3 Å². The summed E-state index contributed by atoms with van der Waals surface area (Å²) < 4.78 is 6.04. The van der Waals surface area contributed by atoms with Gasteiger partial charge >= 0.3 is 0 Å². The third-order valence-corrected chi connectivity index (χ3v) is 2.24. The van der Waals surface area contributed by atoms with Crippen LogP contribution in [0.1, 0.15) is 6.92 Å². The van der Waals surface area contributed by atoms with Gasteiger partial charge in [-0.1, -0.05) is 6.92 Å². The number of anilines is 1. The Labute approximate surface area is 93.0 Å². The van der Waals surface area contributed by atoms with Crippen molar-refractivity contribution in [2.75, 3.05) is 25.6 Å². The van der Waals surface area contributed by atoms with Gasteiger partial charge in [0.1, 0.15) is 0 Å². The van der Waals surface area contributed by atoms with Gasteiger partial charge in [-0.15, -0.1) is 0 Å². The van der Waals surface area contributed by atoms with Crippen molar-refractivity contribution in [3.63, 3.8) is 0 Å². The van der Waals surface area contributed by atoms with Crippen LogP contribution in [0.4, 0.5) is 5.69 Å². The van der Waals surface area contributed by atoms with Crippen LogP contribution in [0.5, 0.6) is 0 Å². The fourth-order valence-corrected chi connectivity index (χ4v) is 1.51. The van der Waals surface area contributed by atoms with E-state index in [9.17, 15) is 0 Å². The number of aromatic nitrogens is 1. The molecule has 0 aliphatic carbocycles. The summed E-state index contributed by atoms with van der Waals surface area (Å²) in [5.41, 5.74) is 1.03. The van der Waals surface area contributed by atoms with Gasteiger partial charge in [-0.2, -0.15) is 0 Å². The zero-order chi connectivity index (χ0) is 10.4. The molecule has 1 heterocycles. The molecule has 0 bridgehead atoms. The van der Waals surface area contributed by atoms with Crippen LogP contribution in [-0.4, -0.2) is 25.2 Å². The highest BCUT2D eigenvalue weighted by molar-refractivity contribution is 9.10. The largest absolute Gasteiger partial charge is 0.384 e. The van der Waals surface area contributed by atoms with Crippen LogP contribution in [0.2, 0.25) is 0 Å². The molecule has 1 atom stereocenters. The second-order valence-electron chi connectivity index (χ2n) is 3.33. The Bertz CT molecular complexity index is 281. The van der Waals surface area contributed by atoms with E-state index in [4.69, 9.17) is 4.74 Å². The molecule has 1 aromatic heterocycles. The minimum absolute atomic E-state index is 0.499. The molecule has 0 fully saturated rings. The quantitative estimate of drug-likeness (QED) is 0.882. The number of methoxy groups -OCH3 is 1. The first kappa shape index (κ1) is 11.5. The number of nitrogens with one attached hydrogen (secondary N) is 1. The van der Waals surface area contributed by atoms with E-state index >= 15 is 0 Å². The van der Waals surface area contributed by atoms with E-state index in [0.29, 0.717) is 5.92 Å². The zero-order valence-corrected chi connectivity index (χ0v) is 10.0. The number of halogens is 1. The maximum absolute atomic E-state index is 5.05. The van der Waals surface area contributed by atoms with Gasteiger partial charge in [0, 0.05) is 24.3 Å². The van der Waals surface area contributed by atoms with Crippen LogP contribution >= 0.6 is 15.9 Å². The van der Waals surface area contributed by atoms with Crippen LogP contribution < -0.4 is 5.32 Å². The first-order valence-corrected chi connectivity index (χ1v) is 5.35. The molecule has 4 heteroatoms. The third kappa shape index (κ3) is 4.07. The van der Waals surface area contributed by atoms with Crippen molar-refractivity contribution in [2.24, 2.45) is 5.92 Å². The topological polar surface area (TPSA) is 34.1 Å². The van der Waals surface area contributed by atoms with E-state index in [1.54, 1.807) is 13.3 Å². The van der Waals surface area contributed by atoms with Gasteiger partial charge in [-0.05, 0) is 27.9 Å². The normalized spacial score (nSPS) is 12.5. The van der Waals surface area contributed by atoms with E-state index < -0.39 is 0 Å². The van der Waals surface area contributed by atoms with Crippen molar-refractivity contribution in [2.45, 2.75) is 6.92 Å². The zero-order valence-electron chi connectivity index (χ0n) is 8.46. The minimum atomic E-state index is 0.499. The van der Waals surface area contributed by atoms with Crippen LogP contribution in [-0.2, 0) is 4.74 Å². The van der Waals surface area contributed by atoms with Crippen LogP contribution in [0.25, 0.3) is 0 Å². The predicted octanol–water partition coefficient (Wildman–Crippen LogP) is 2.54. The molecule has 1 rings (SSSR count). The predicted molar refractivity (Wildman–Crippen MR) is 61.5 cm³/mol. The molecular formula is C10H15BrN2O. The van der Waals surface area contributed by atoms with Crippen LogP contribution in [0.15, 0.2) is 22.9 Å². The molecule has 3 nitrogen and oxygen atoms in total. The highest BCUT2D eigenvalue weighted by atomic mass is 79.9. The molecule has 0 saturated carbocycles. The maximum atomic E-state index is 5.05. The summed E-state index contributed by atoms with van der Waals surface area (Å²) in [6.07, 6.45) is 3.58. The molecule has 1 N–H and O–H groups in total. The second-order valence-corrected chi connectivity index (χ2v) is 4.25. The smallest absolute Gasteiger partial charge is 0.0538 e. The summed E-state index contributed by atoms with van der Waals surface area (Å²) >= 11 is 3.37. The Morgan fingerprint density at radius 1 is 1.57 bits per heavy atom. The van der Waals surface area contributed by atoms with Crippen molar-refractivity contribution in [3.8, 4) is 0 Å². The van der Waals surface area contributed by atoms with E-state index in [1.165, 1.54) is 0 Å². The van der Waals surface area contributed by atoms with Crippen molar-refractivity contribution in [1.29, 1.82) is 0 Å². The fraction of sp³-hybridized carbons (Fsp3) is 0.500. The maximum Gasteiger partial charge on any atom is 0.0538 e. The standard InChI is InChI=1S/C10H15BrN2O/c1-8(7-14-2)4-13-10-3-9(11)5-12-6-10/h3,5-6,8,13H,4,7H2,1-2H3. The molecular weight excluding hydrogens is 244 g/mol. The summed E-state index contributed by atoms with van der Waals surface area (Å²) in [6, 6.07) is 2.01. The van der Waals surface area contributed by atoms with Crippen molar-refractivity contribution >= 4 is 21.6 Å². The highest BCUT2D eigenvalue weighted by Crippen LogP contribution is 2.13. The molecule has 0 aliphatic heterocycles. The van der Waals surface area contributed by atoms with Gasteiger partial charge in [0.05, 0.1) is 18.5 Å². The van der Waals surface area contributed by atoms with E-state index in [1.807, 2.05) is 12.3 Å². The molecule has 0 aromatic carbocycles. The van der Waals surface area contributed by atoms with E-state index in [2.05, 4.69) is 33.2 Å². The van der Waals surface area contributed by atoms with Crippen molar-refractivity contribution in [1.82, 2.24) is 4.98 Å². The average molecular weight is 259 g/mol. The van der Waals surface area contributed by atoms with Crippen LogP contribution in [0.3, 0.4) is 0 Å². The average Bonchev–Trinajstić information content (AvgIpc) is 2.15. The number of hydrogen-bond donors (Lipinski definition) is 1. The van der Waals surface area contributed by atoms with Crippen molar-refractivity contribution < 1.29 is 4.74 Å². The summed E-state index contributed by atoms with van der Waals surface area (Å²) in [5.74, 6) is 0.499. The lowest BCUT2D eigenvalue weighted by molar-refractivity contribution is 0.164. The molecule has 0 radical (unpaired) electrons. The minimum Gasteiger partial charge on any atom is -0.384 e. The first-order chi connectivity index (χ1) is 6.72. The number of rotatable bonds is 5. The lowest BCUT2D eigenvalue weighted by atomic mass is 10.2. The lowest BCUT2D eigenvalue weighted by Crippen LogP contribution is -2.15. The summed E-state index contributed by atoms with van der Waals surface area (Å²) in [5, 5.41) is 3.30. The second kappa shape index (κ2) is 5.98. The molecule has 0 amide bonds. The van der Waals surface area contributed by atoms with Gasteiger partial charge in [0.2, 0.25) is 0 Å². The summed E-state index contributed by atoms with van der Waals surface area (Å²) in [6.45, 7) is 3.81. The molecule has 1 aromatic rings. The Kier molecular flexibility index (Phi) is 4.90. The third-order valence-electron chi connectivity index (χ3n) is 1.81. The van der Waals surface area contributed by atoms with Gasteiger partial charge in [-0.3, -0.25) is 4.98 Å². The number of hydrogen-bond acceptors (Lipinski definition) is 3. The first-order valence-electron chi connectivity index (χ1n) is 4.55. The molecule has 78 valence electrons. The Morgan fingerprint density at radius 3 is 3.00 bits per heavy atom. The van der Waals surface area contributed by atoms with Gasteiger partial charge in [0.25, 0.3) is 0 Å². The summed E-state index contributed by atoms with van der Waals surface area (Å²) in [4.78, 5) is 4.07. The highest BCUT2D eigenvalue weighted by Gasteiger charge is 2.01. The van der Waals surface area contributed by atoms with Gasteiger partial charge in [0.15, 0.2) is 0 Å². The molecule has 0 aliphatic rings. The summed E-state index contributed by atoms with van der Waals surface area (Å²) in [7, 11) is 1.72.